The Morgan fingerprint density at radius 1 is 0.738 bits per heavy atom. The van der Waals surface area contributed by atoms with E-state index in [1.165, 1.54) is 17.4 Å². The summed E-state index contributed by atoms with van der Waals surface area (Å²) in [6.45, 7) is 0. The van der Waals surface area contributed by atoms with Crippen molar-refractivity contribution < 1.29 is 19.4 Å². The predicted molar refractivity (Wildman–Crippen MR) is 169 cm³/mol. The van der Waals surface area contributed by atoms with Crippen LogP contribution in [0.2, 0.25) is 0 Å². The number of aliphatic carboxylic acids is 1. The smallest absolute Gasteiger partial charge is 0.346 e. The molecule has 206 valence electrons. The molecule has 0 aliphatic heterocycles. The van der Waals surface area contributed by atoms with Gasteiger partial charge < -0.3 is 19.5 Å². The van der Waals surface area contributed by atoms with Crippen LogP contribution in [0.5, 0.6) is 11.5 Å². The van der Waals surface area contributed by atoms with Gasteiger partial charge in [0.1, 0.15) is 23.1 Å². The number of thiophene rings is 2. The van der Waals surface area contributed by atoms with E-state index in [1.807, 2.05) is 97.1 Å². The minimum Gasteiger partial charge on any atom is -0.497 e. The molecule has 6 nitrogen and oxygen atoms in total. The number of anilines is 3. The fourth-order valence-electron chi connectivity index (χ4n) is 4.12. The number of carbonyl (C=O) groups is 1. The Kier molecular flexibility index (Phi) is 8.70. The average Bonchev–Trinajstić information content (AvgIpc) is 3.70. The largest absolute Gasteiger partial charge is 0.497 e. The number of nitriles is 1. The minimum atomic E-state index is -1.23. The van der Waals surface area contributed by atoms with E-state index in [0.717, 1.165) is 48.8 Å². The van der Waals surface area contributed by atoms with E-state index in [0.29, 0.717) is 4.88 Å². The van der Waals surface area contributed by atoms with Crippen LogP contribution in [0.25, 0.3) is 15.8 Å². The number of methoxy groups -OCH3 is 2. The highest BCUT2D eigenvalue weighted by molar-refractivity contribution is 7.22. The molecule has 0 aliphatic carbocycles. The van der Waals surface area contributed by atoms with Crippen molar-refractivity contribution in [3.8, 4) is 39.2 Å². The van der Waals surface area contributed by atoms with E-state index in [4.69, 9.17) is 19.8 Å². The normalized spacial score (nSPS) is 10.7. The second kappa shape index (κ2) is 12.9. The van der Waals surface area contributed by atoms with E-state index >= 15 is 0 Å². The molecule has 0 fully saturated rings. The second-order valence-electron chi connectivity index (χ2n) is 8.87. The molecule has 3 aromatic carbocycles. The summed E-state index contributed by atoms with van der Waals surface area (Å²) < 4.78 is 10.7. The molecule has 8 heteroatoms. The van der Waals surface area contributed by atoms with Gasteiger partial charge in [0.25, 0.3) is 0 Å². The average molecular weight is 589 g/mol. The summed E-state index contributed by atoms with van der Waals surface area (Å²) >= 11 is 3.00. The van der Waals surface area contributed by atoms with Gasteiger partial charge in [-0.25, -0.2) is 4.79 Å². The number of hydrogen-bond donors (Lipinski definition) is 1. The number of ether oxygens (including phenoxy) is 2. The van der Waals surface area contributed by atoms with Crippen LogP contribution in [0.4, 0.5) is 17.1 Å². The van der Waals surface area contributed by atoms with Gasteiger partial charge in [0, 0.05) is 37.3 Å². The summed E-state index contributed by atoms with van der Waals surface area (Å²) in [6, 6.07) is 33.4. The van der Waals surface area contributed by atoms with E-state index in [9.17, 15) is 4.79 Å². The van der Waals surface area contributed by atoms with Gasteiger partial charge in [-0.05, 0) is 103 Å². The van der Waals surface area contributed by atoms with E-state index in [2.05, 4.69) is 16.7 Å². The van der Waals surface area contributed by atoms with Crippen molar-refractivity contribution in [2.75, 3.05) is 19.1 Å². The number of nitrogens with zero attached hydrogens (tertiary/aromatic N) is 2. The van der Waals surface area contributed by atoms with Gasteiger partial charge in [-0.1, -0.05) is 11.8 Å². The predicted octanol–water partition coefficient (Wildman–Crippen LogP) is 8.35. The zero-order chi connectivity index (χ0) is 29.5. The lowest BCUT2D eigenvalue weighted by Crippen LogP contribution is -2.09. The number of carboxylic acid groups (broad SMARTS) is 1. The van der Waals surface area contributed by atoms with Crippen molar-refractivity contribution in [2.24, 2.45) is 0 Å². The summed E-state index contributed by atoms with van der Waals surface area (Å²) in [5.41, 5.74) is 3.57. The molecule has 0 spiro atoms. The first kappa shape index (κ1) is 28.3. The first-order valence-electron chi connectivity index (χ1n) is 12.7. The van der Waals surface area contributed by atoms with E-state index in [-0.39, 0.29) is 5.57 Å². The fourth-order valence-corrected chi connectivity index (χ4v) is 6.02. The third kappa shape index (κ3) is 6.54. The van der Waals surface area contributed by atoms with Gasteiger partial charge in [-0.2, -0.15) is 5.26 Å². The Labute approximate surface area is 252 Å². The molecule has 0 aliphatic rings. The quantitative estimate of drug-likeness (QED) is 0.111. The van der Waals surface area contributed by atoms with Crippen molar-refractivity contribution in [3.05, 3.63) is 118 Å². The van der Waals surface area contributed by atoms with Crippen LogP contribution in [0.15, 0.2) is 103 Å². The first-order chi connectivity index (χ1) is 20.5. The van der Waals surface area contributed by atoms with E-state index < -0.39 is 5.97 Å². The van der Waals surface area contributed by atoms with Crippen LogP contribution >= 0.6 is 22.7 Å². The van der Waals surface area contributed by atoms with Crippen LogP contribution in [0.1, 0.15) is 15.3 Å². The highest BCUT2D eigenvalue weighted by Gasteiger charge is 2.13. The van der Waals surface area contributed by atoms with Crippen molar-refractivity contribution in [3.63, 3.8) is 0 Å². The van der Waals surface area contributed by atoms with Gasteiger partial charge in [0.2, 0.25) is 0 Å². The SMILES string of the molecule is COc1ccc(N(c2ccc(C#Cc3ccc(-c4ccc(/C=C(/C#N)C(=O)O)s4)s3)cc2)c2ccc(OC)cc2)cc1. The van der Waals surface area contributed by atoms with Crippen molar-refractivity contribution in [1.29, 1.82) is 5.26 Å². The van der Waals surface area contributed by atoms with Crippen molar-refractivity contribution in [2.45, 2.75) is 0 Å². The maximum absolute atomic E-state index is 11.1. The molecule has 0 saturated heterocycles. The molecule has 0 amide bonds. The maximum Gasteiger partial charge on any atom is 0.346 e. The number of hydrogen-bond acceptors (Lipinski definition) is 7. The molecule has 2 heterocycles. The molecular formula is C34H24N2O4S2. The number of rotatable bonds is 8. The lowest BCUT2D eigenvalue weighted by molar-refractivity contribution is -0.132. The summed E-state index contributed by atoms with van der Waals surface area (Å²) in [4.78, 5) is 16.9. The van der Waals surface area contributed by atoms with Crippen LogP contribution < -0.4 is 14.4 Å². The van der Waals surface area contributed by atoms with Gasteiger partial charge in [0.15, 0.2) is 0 Å². The highest BCUT2D eigenvalue weighted by Crippen LogP contribution is 2.37. The molecule has 0 atom stereocenters. The zero-order valence-corrected chi connectivity index (χ0v) is 24.3. The second-order valence-corrected chi connectivity index (χ2v) is 11.1. The third-order valence-corrected chi connectivity index (χ3v) is 8.46. The number of benzene rings is 3. The monoisotopic (exact) mass is 588 g/mol. The Morgan fingerprint density at radius 2 is 1.26 bits per heavy atom. The molecular weight excluding hydrogens is 565 g/mol. The maximum atomic E-state index is 11.1. The lowest BCUT2D eigenvalue weighted by Gasteiger charge is -2.25. The zero-order valence-electron chi connectivity index (χ0n) is 22.7. The molecule has 1 N–H and O–H groups in total. The standard InChI is InChI=1S/C34H24N2O4S2/c1-39-28-12-8-26(9-13-28)36(27-10-14-29(40-2)15-11-27)25-6-3-23(4-7-25)5-16-30-17-19-32(41-30)33-20-18-31(42-33)21-24(22-35)34(37)38/h3-4,6-15,17-21H,1-2H3,(H,37,38)/b24-21-. The Hall–Kier alpha value is -5.28. The molecule has 42 heavy (non-hydrogen) atoms. The number of carboxylic acids is 1. The highest BCUT2D eigenvalue weighted by atomic mass is 32.1. The van der Waals surface area contributed by atoms with Gasteiger partial charge in [-0.3, -0.25) is 0 Å². The van der Waals surface area contributed by atoms with Gasteiger partial charge in [0.05, 0.1) is 19.1 Å². The van der Waals surface area contributed by atoms with Crippen LogP contribution in [0, 0.1) is 23.2 Å². The molecule has 0 radical (unpaired) electrons. The third-order valence-electron chi connectivity index (χ3n) is 6.23. The summed E-state index contributed by atoms with van der Waals surface area (Å²) in [5.74, 6) is 6.85. The summed E-state index contributed by atoms with van der Waals surface area (Å²) in [6.07, 6.45) is 1.39. The van der Waals surface area contributed by atoms with Gasteiger partial charge in [-0.15, -0.1) is 22.7 Å². The van der Waals surface area contributed by atoms with E-state index in [1.54, 1.807) is 31.6 Å². The fraction of sp³-hybridized carbons (Fsp3) is 0.0588. The van der Waals surface area contributed by atoms with Gasteiger partial charge >= 0.3 is 5.97 Å². The topological polar surface area (TPSA) is 82.8 Å². The molecule has 2 aromatic heterocycles. The first-order valence-corrected chi connectivity index (χ1v) is 14.4. The summed E-state index contributed by atoms with van der Waals surface area (Å²) in [7, 11) is 3.31. The Bertz CT molecular complexity index is 1790. The molecule has 5 aromatic rings. The Morgan fingerprint density at radius 3 is 1.79 bits per heavy atom. The molecule has 0 unspecified atom stereocenters. The Balaban J connectivity index is 1.36. The molecule has 0 saturated carbocycles. The van der Waals surface area contributed by atoms with Crippen LogP contribution in [-0.2, 0) is 4.79 Å². The minimum absolute atomic E-state index is 0.289. The van der Waals surface area contributed by atoms with Crippen LogP contribution in [-0.4, -0.2) is 25.3 Å². The van der Waals surface area contributed by atoms with Crippen molar-refractivity contribution in [1.82, 2.24) is 0 Å². The van der Waals surface area contributed by atoms with Crippen molar-refractivity contribution >= 4 is 51.8 Å². The lowest BCUT2D eigenvalue weighted by atomic mass is 10.1. The van der Waals surface area contributed by atoms with Crippen LogP contribution in [0.3, 0.4) is 0 Å². The molecule has 0 bridgehead atoms. The summed E-state index contributed by atoms with van der Waals surface area (Å²) in [5, 5.41) is 18.1. The molecule has 5 rings (SSSR count).